The molecule has 2 aromatic carbocycles. The number of aliphatic hydroxyl groups is 1. The van der Waals surface area contributed by atoms with Gasteiger partial charge in [0.1, 0.15) is 11.4 Å². The lowest BCUT2D eigenvalue weighted by molar-refractivity contribution is -0.262. The lowest BCUT2D eigenvalue weighted by Crippen LogP contribution is -2.61. The SMILES string of the molecule is CC(C)(C)OC(=O)NC1CN(C(=O)c2ccc(OCCCCC3CCN(C(=O)[C@](O)(c4ccccc4)C(F)(F)F)CC3)cc2Cl)C1. The summed E-state index contributed by atoms with van der Waals surface area (Å²) in [6.07, 6.45) is -2.18. The molecule has 0 aliphatic carbocycles. The van der Waals surface area contributed by atoms with Crippen molar-refractivity contribution < 1.29 is 42.1 Å². The topological polar surface area (TPSA) is 108 Å². The van der Waals surface area contributed by atoms with Crippen molar-refractivity contribution in [1.82, 2.24) is 15.1 Å². The summed E-state index contributed by atoms with van der Waals surface area (Å²) in [6, 6.07) is 11.2. The molecule has 0 spiro atoms. The molecular weight excluding hydrogens is 627 g/mol. The smallest absolute Gasteiger partial charge is 0.430 e. The van der Waals surface area contributed by atoms with Crippen molar-refractivity contribution in [2.24, 2.45) is 5.92 Å². The van der Waals surface area contributed by atoms with Gasteiger partial charge in [0.05, 0.1) is 23.2 Å². The van der Waals surface area contributed by atoms with Gasteiger partial charge in [0.2, 0.25) is 0 Å². The number of benzene rings is 2. The van der Waals surface area contributed by atoms with E-state index < -0.39 is 34.9 Å². The number of unbranched alkanes of at least 4 members (excludes halogenated alkanes) is 1. The van der Waals surface area contributed by atoms with Crippen LogP contribution in [-0.4, -0.2) is 83.4 Å². The number of hydrogen-bond acceptors (Lipinski definition) is 6. The molecule has 1 atom stereocenters. The Morgan fingerprint density at radius 1 is 0.978 bits per heavy atom. The zero-order chi connectivity index (χ0) is 33.7. The second-order valence-electron chi connectivity index (χ2n) is 12.8. The Labute approximate surface area is 272 Å². The van der Waals surface area contributed by atoms with Crippen LogP contribution in [0.5, 0.6) is 5.75 Å². The van der Waals surface area contributed by atoms with Crippen LogP contribution in [0.2, 0.25) is 5.02 Å². The Morgan fingerprint density at radius 2 is 1.63 bits per heavy atom. The van der Waals surface area contributed by atoms with Gasteiger partial charge in [0, 0.05) is 31.7 Å². The quantitative estimate of drug-likeness (QED) is 0.304. The Bertz CT molecular complexity index is 1370. The van der Waals surface area contributed by atoms with Gasteiger partial charge in [-0.1, -0.05) is 48.4 Å². The Hall–Kier alpha value is -3.51. The molecule has 13 heteroatoms. The summed E-state index contributed by atoms with van der Waals surface area (Å²) in [5, 5.41) is 13.6. The average Bonchev–Trinajstić information content (AvgIpc) is 2.97. The first kappa shape index (κ1) is 35.3. The summed E-state index contributed by atoms with van der Waals surface area (Å²) >= 11 is 6.38. The van der Waals surface area contributed by atoms with Gasteiger partial charge in [-0.3, -0.25) is 9.59 Å². The van der Waals surface area contributed by atoms with Crippen LogP contribution in [0.4, 0.5) is 18.0 Å². The first-order chi connectivity index (χ1) is 21.6. The molecule has 252 valence electrons. The third kappa shape index (κ3) is 8.64. The summed E-state index contributed by atoms with van der Waals surface area (Å²) < 4.78 is 52.7. The molecule has 2 N–H and O–H groups in total. The van der Waals surface area contributed by atoms with E-state index in [9.17, 15) is 32.7 Å². The van der Waals surface area contributed by atoms with E-state index in [0.717, 1.165) is 36.3 Å². The highest BCUT2D eigenvalue weighted by Crippen LogP contribution is 2.41. The van der Waals surface area contributed by atoms with E-state index in [0.29, 0.717) is 43.9 Å². The van der Waals surface area contributed by atoms with Gasteiger partial charge in [-0.05, 0) is 70.6 Å². The number of alkyl carbamates (subject to hydrolysis) is 1. The molecule has 2 aliphatic rings. The van der Waals surface area contributed by atoms with Crippen LogP contribution in [0.3, 0.4) is 0 Å². The number of alkyl halides is 3. The number of nitrogens with zero attached hydrogens (tertiary/aromatic N) is 2. The van der Waals surface area contributed by atoms with Crippen LogP contribution in [0.1, 0.15) is 68.8 Å². The molecular formula is C33H41ClF3N3O6. The number of carbonyl (C=O) groups is 3. The van der Waals surface area contributed by atoms with Crippen molar-refractivity contribution in [3.05, 3.63) is 64.7 Å². The zero-order valence-electron chi connectivity index (χ0n) is 26.2. The highest BCUT2D eigenvalue weighted by Gasteiger charge is 2.62. The molecule has 2 saturated heterocycles. The predicted octanol–water partition coefficient (Wildman–Crippen LogP) is 5.93. The molecule has 2 aliphatic heterocycles. The van der Waals surface area contributed by atoms with Gasteiger partial charge in [0.25, 0.3) is 17.4 Å². The molecule has 0 bridgehead atoms. The third-order valence-electron chi connectivity index (χ3n) is 8.15. The minimum atomic E-state index is -5.15. The lowest BCUT2D eigenvalue weighted by Gasteiger charge is -2.39. The molecule has 9 nitrogen and oxygen atoms in total. The number of hydrogen-bond donors (Lipinski definition) is 2. The van der Waals surface area contributed by atoms with E-state index in [1.807, 2.05) is 0 Å². The van der Waals surface area contributed by atoms with Crippen molar-refractivity contribution in [2.45, 2.75) is 76.3 Å². The third-order valence-corrected chi connectivity index (χ3v) is 8.46. The fourth-order valence-corrected chi connectivity index (χ4v) is 5.86. The normalized spacial score (nSPS) is 17.6. The monoisotopic (exact) mass is 667 g/mol. The zero-order valence-corrected chi connectivity index (χ0v) is 27.0. The van der Waals surface area contributed by atoms with Gasteiger partial charge in [-0.15, -0.1) is 0 Å². The van der Waals surface area contributed by atoms with Gasteiger partial charge < -0.3 is 29.7 Å². The minimum Gasteiger partial charge on any atom is -0.494 e. The van der Waals surface area contributed by atoms with E-state index in [2.05, 4.69) is 5.32 Å². The molecule has 46 heavy (non-hydrogen) atoms. The molecule has 0 saturated carbocycles. The molecule has 2 heterocycles. The molecule has 0 unspecified atom stereocenters. The van der Waals surface area contributed by atoms with E-state index in [1.54, 1.807) is 43.9 Å². The first-order valence-corrected chi connectivity index (χ1v) is 15.8. The first-order valence-electron chi connectivity index (χ1n) is 15.4. The van der Waals surface area contributed by atoms with Crippen molar-refractivity contribution in [1.29, 1.82) is 0 Å². The second kappa shape index (κ2) is 14.5. The number of nitrogens with one attached hydrogen (secondary N) is 1. The van der Waals surface area contributed by atoms with E-state index in [4.69, 9.17) is 21.1 Å². The lowest BCUT2D eigenvalue weighted by atomic mass is 9.88. The van der Waals surface area contributed by atoms with E-state index >= 15 is 0 Å². The molecule has 0 aromatic heterocycles. The van der Waals surface area contributed by atoms with Crippen molar-refractivity contribution in [3.8, 4) is 5.75 Å². The minimum absolute atomic E-state index is 0.146. The van der Waals surface area contributed by atoms with Crippen LogP contribution < -0.4 is 10.1 Å². The maximum absolute atomic E-state index is 13.9. The van der Waals surface area contributed by atoms with Crippen LogP contribution in [0.15, 0.2) is 48.5 Å². The number of rotatable bonds is 10. The van der Waals surface area contributed by atoms with Crippen molar-refractivity contribution in [2.75, 3.05) is 32.8 Å². The van der Waals surface area contributed by atoms with E-state index in [-0.39, 0.29) is 36.0 Å². The number of likely N-dealkylation sites (tertiary alicyclic amines) is 2. The summed E-state index contributed by atoms with van der Waals surface area (Å²) in [6.45, 7) is 6.74. The summed E-state index contributed by atoms with van der Waals surface area (Å²) in [4.78, 5) is 40.4. The fraction of sp³-hybridized carbons (Fsp3) is 0.545. The Balaban J connectivity index is 1.15. The molecule has 2 aromatic rings. The Kier molecular flexibility index (Phi) is 11.1. The van der Waals surface area contributed by atoms with Crippen LogP contribution in [0, 0.1) is 5.92 Å². The van der Waals surface area contributed by atoms with Gasteiger partial charge in [0.15, 0.2) is 0 Å². The van der Waals surface area contributed by atoms with Crippen LogP contribution in [-0.2, 0) is 15.1 Å². The second-order valence-corrected chi connectivity index (χ2v) is 13.3. The standard InChI is InChI=1S/C33H41ClF3N3O6/c1-31(2,3)46-30(43)38-24-20-40(21-24)28(41)26-13-12-25(19-27(26)34)45-18-8-7-9-22-14-16-39(17-15-22)29(42)32(44,33(35,36)37)23-10-5-4-6-11-23/h4-6,10-13,19,22,24,44H,7-9,14-18,20-21H2,1-3H3,(H,38,43)/t32-/m1/s1. The fourth-order valence-electron chi connectivity index (χ4n) is 5.61. The summed E-state index contributed by atoms with van der Waals surface area (Å²) in [5.41, 5.74) is -4.33. The van der Waals surface area contributed by atoms with Crippen LogP contribution in [0.25, 0.3) is 0 Å². The summed E-state index contributed by atoms with van der Waals surface area (Å²) in [7, 11) is 0. The van der Waals surface area contributed by atoms with Crippen LogP contribution >= 0.6 is 11.6 Å². The molecule has 2 fully saturated rings. The van der Waals surface area contributed by atoms with E-state index in [1.165, 1.54) is 18.2 Å². The number of amides is 3. The van der Waals surface area contributed by atoms with Gasteiger partial charge >= 0.3 is 12.3 Å². The maximum Gasteiger partial charge on any atom is 0.430 e. The van der Waals surface area contributed by atoms with Crippen molar-refractivity contribution in [3.63, 3.8) is 0 Å². The maximum atomic E-state index is 13.9. The molecule has 0 radical (unpaired) electrons. The highest BCUT2D eigenvalue weighted by molar-refractivity contribution is 6.34. The van der Waals surface area contributed by atoms with Crippen molar-refractivity contribution >= 4 is 29.5 Å². The largest absolute Gasteiger partial charge is 0.494 e. The average molecular weight is 668 g/mol. The highest BCUT2D eigenvalue weighted by atomic mass is 35.5. The number of piperidine rings is 1. The number of halogens is 4. The van der Waals surface area contributed by atoms with Gasteiger partial charge in [-0.2, -0.15) is 13.2 Å². The number of carbonyl (C=O) groups excluding carboxylic acids is 3. The molecule has 4 rings (SSSR count). The predicted molar refractivity (Wildman–Crippen MR) is 166 cm³/mol. The Morgan fingerprint density at radius 3 is 2.22 bits per heavy atom. The summed E-state index contributed by atoms with van der Waals surface area (Å²) in [5.74, 6) is -0.805. The number of ether oxygens (including phenoxy) is 2. The van der Waals surface area contributed by atoms with Gasteiger partial charge in [-0.25, -0.2) is 4.79 Å². The molecule has 3 amide bonds.